The molecule has 0 radical (unpaired) electrons. The molecule has 100 valence electrons. The Labute approximate surface area is 105 Å². The second kappa shape index (κ2) is 4.71. The molecule has 0 aliphatic carbocycles. The van der Waals surface area contributed by atoms with Crippen LogP contribution in [0.25, 0.3) is 0 Å². The normalized spacial score (nSPS) is 21.0. The van der Waals surface area contributed by atoms with Crippen molar-refractivity contribution in [1.29, 1.82) is 0 Å². The molecule has 0 bridgehead atoms. The van der Waals surface area contributed by atoms with Gasteiger partial charge in [-0.15, -0.1) is 0 Å². The van der Waals surface area contributed by atoms with Gasteiger partial charge in [-0.3, -0.25) is 4.79 Å². The van der Waals surface area contributed by atoms with Gasteiger partial charge in [0.05, 0.1) is 0 Å². The average Bonchev–Trinajstić information content (AvgIpc) is 2.77. The molecule has 1 aromatic heterocycles. The van der Waals surface area contributed by atoms with Gasteiger partial charge in [0.25, 0.3) is 15.9 Å². The van der Waals surface area contributed by atoms with E-state index in [1.54, 1.807) is 4.90 Å². The molecule has 0 saturated carbocycles. The summed E-state index contributed by atoms with van der Waals surface area (Å²) in [5.74, 6) is -0.327. The van der Waals surface area contributed by atoms with Crippen LogP contribution in [0.15, 0.2) is 21.6 Å². The number of hydrogen-bond acceptors (Lipinski definition) is 5. The van der Waals surface area contributed by atoms with Gasteiger partial charge >= 0.3 is 0 Å². The van der Waals surface area contributed by atoms with Crippen LogP contribution in [0.4, 0.5) is 0 Å². The van der Waals surface area contributed by atoms with E-state index in [1.807, 2.05) is 6.92 Å². The lowest BCUT2D eigenvalue weighted by Crippen LogP contribution is -2.52. The molecule has 1 saturated heterocycles. The number of carbonyl (C=O) groups is 1. The minimum Gasteiger partial charge on any atom is -0.438 e. The van der Waals surface area contributed by atoms with E-state index in [4.69, 9.17) is 9.56 Å². The molecule has 1 amide bonds. The summed E-state index contributed by atoms with van der Waals surface area (Å²) in [7, 11) is -3.91. The highest BCUT2D eigenvalue weighted by Gasteiger charge is 2.27. The van der Waals surface area contributed by atoms with Gasteiger partial charge in [0.1, 0.15) is 0 Å². The molecular formula is C10H15N3O4S. The first kappa shape index (κ1) is 13.1. The first-order valence-corrected chi connectivity index (χ1v) is 7.08. The molecule has 1 fully saturated rings. The number of nitrogens with zero attached hydrogens (tertiary/aromatic N) is 1. The summed E-state index contributed by atoms with van der Waals surface area (Å²) >= 11 is 0. The lowest BCUT2D eigenvalue weighted by molar-refractivity contribution is 0.0617. The van der Waals surface area contributed by atoms with Crippen molar-refractivity contribution in [2.45, 2.75) is 18.1 Å². The Bertz CT molecular complexity index is 551. The number of furan rings is 1. The van der Waals surface area contributed by atoms with Gasteiger partial charge in [-0.1, -0.05) is 0 Å². The smallest absolute Gasteiger partial charge is 0.289 e. The highest BCUT2D eigenvalue weighted by Crippen LogP contribution is 2.16. The summed E-state index contributed by atoms with van der Waals surface area (Å²) in [6.45, 7) is 3.88. The Morgan fingerprint density at radius 3 is 2.83 bits per heavy atom. The molecule has 1 aliphatic rings. The number of piperazine rings is 1. The first-order valence-electron chi connectivity index (χ1n) is 5.54. The van der Waals surface area contributed by atoms with Crippen LogP contribution in [-0.4, -0.2) is 44.9 Å². The molecule has 3 N–H and O–H groups in total. The maximum Gasteiger partial charge on any atom is 0.289 e. The van der Waals surface area contributed by atoms with Crippen molar-refractivity contribution in [2.75, 3.05) is 19.6 Å². The van der Waals surface area contributed by atoms with Crippen LogP contribution in [0.5, 0.6) is 0 Å². The van der Waals surface area contributed by atoms with Crippen LogP contribution >= 0.6 is 0 Å². The summed E-state index contributed by atoms with van der Waals surface area (Å²) in [5.41, 5.74) is 0. The molecule has 2 rings (SSSR count). The zero-order valence-electron chi connectivity index (χ0n) is 9.92. The van der Waals surface area contributed by atoms with E-state index in [1.165, 1.54) is 12.1 Å². The topological polar surface area (TPSA) is 106 Å². The Balaban J connectivity index is 2.21. The fourth-order valence-corrected chi connectivity index (χ4v) is 2.34. The summed E-state index contributed by atoms with van der Waals surface area (Å²) in [4.78, 5) is 13.8. The third-order valence-corrected chi connectivity index (χ3v) is 3.61. The number of sulfonamides is 1. The van der Waals surface area contributed by atoms with E-state index >= 15 is 0 Å². The van der Waals surface area contributed by atoms with E-state index < -0.39 is 15.1 Å². The van der Waals surface area contributed by atoms with Gasteiger partial charge in [-0.2, -0.15) is 0 Å². The SMILES string of the molecule is C[C@H]1CNCCN1C(=O)c1ccc(S(N)(=O)=O)o1. The highest BCUT2D eigenvalue weighted by atomic mass is 32.2. The van der Waals surface area contributed by atoms with Crippen LogP contribution < -0.4 is 10.5 Å². The average molecular weight is 273 g/mol. The summed E-state index contributed by atoms with van der Waals surface area (Å²) in [5, 5.41) is 7.68. The lowest BCUT2D eigenvalue weighted by Gasteiger charge is -2.33. The molecule has 18 heavy (non-hydrogen) atoms. The Morgan fingerprint density at radius 1 is 1.56 bits per heavy atom. The third-order valence-electron chi connectivity index (χ3n) is 2.83. The molecule has 0 spiro atoms. The Hall–Kier alpha value is -1.38. The second-order valence-electron chi connectivity index (χ2n) is 4.22. The second-order valence-corrected chi connectivity index (χ2v) is 5.71. The standard InChI is InChI=1S/C10H15N3O4S/c1-7-6-12-4-5-13(7)10(14)8-2-3-9(17-8)18(11,15)16/h2-3,7,12H,4-6H2,1H3,(H2,11,15,16)/t7-/m0/s1. The Morgan fingerprint density at radius 2 is 2.28 bits per heavy atom. The van der Waals surface area contributed by atoms with Crippen LogP contribution in [-0.2, 0) is 10.0 Å². The number of amides is 1. The molecule has 0 unspecified atom stereocenters. The van der Waals surface area contributed by atoms with Crippen molar-refractivity contribution in [3.8, 4) is 0 Å². The molecule has 7 nitrogen and oxygen atoms in total. The quantitative estimate of drug-likeness (QED) is 0.745. The fraction of sp³-hybridized carbons (Fsp3) is 0.500. The Kier molecular flexibility index (Phi) is 3.42. The van der Waals surface area contributed by atoms with E-state index in [9.17, 15) is 13.2 Å². The molecule has 0 aromatic carbocycles. The van der Waals surface area contributed by atoms with Crippen LogP contribution in [0.2, 0.25) is 0 Å². The summed E-state index contributed by atoms with van der Waals surface area (Å²) in [6, 6.07) is 2.56. The summed E-state index contributed by atoms with van der Waals surface area (Å²) in [6.07, 6.45) is 0. The summed E-state index contributed by atoms with van der Waals surface area (Å²) < 4.78 is 27.1. The van der Waals surface area contributed by atoms with E-state index in [2.05, 4.69) is 5.32 Å². The predicted octanol–water partition coefficient (Wildman–Crippen LogP) is -0.639. The molecule has 1 aliphatic heterocycles. The minimum absolute atomic E-state index is 0.00669. The molecule has 1 aromatic rings. The van der Waals surface area contributed by atoms with Gasteiger partial charge < -0.3 is 14.6 Å². The van der Waals surface area contributed by atoms with Crippen LogP contribution in [0.1, 0.15) is 17.5 Å². The van der Waals surface area contributed by atoms with Crippen molar-refractivity contribution in [1.82, 2.24) is 10.2 Å². The number of hydrogen-bond donors (Lipinski definition) is 2. The zero-order chi connectivity index (χ0) is 13.3. The van der Waals surface area contributed by atoms with Crippen LogP contribution in [0, 0.1) is 0 Å². The monoisotopic (exact) mass is 273 g/mol. The largest absolute Gasteiger partial charge is 0.438 e. The van der Waals surface area contributed by atoms with E-state index in [0.29, 0.717) is 19.6 Å². The van der Waals surface area contributed by atoms with Gasteiger partial charge in [0.15, 0.2) is 5.76 Å². The third kappa shape index (κ3) is 2.55. The number of primary sulfonamides is 1. The number of rotatable bonds is 2. The van der Waals surface area contributed by atoms with Crippen molar-refractivity contribution < 1.29 is 17.6 Å². The number of nitrogens with two attached hydrogens (primary N) is 1. The molecule has 1 atom stereocenters. The molecule has 8 heteroatoms. The predicted molar refractivity (Wildman–Crippen MR) is 63.4 cm³/mol. The zero-order valence-corrected chi connectivity index (χ0v) is 10.7. The maximum atomic E-state index is 12.1. The van der Waals surface area contributed by atoms with Gasteiger partial charge in [0, 0.05) is 25.7 Å². The number of nitrogens with one attached hydrogen (secondary N) is 1. The molecule has 2 heterocycles. The van der Waals surface area contributed by atoms with Crippen LogP contribution in [0.3, 0.4) is 0 Å². The van der Waals surface area contributed by atoms with Crippen molar-refractivity contribution in [3.05, 3.63) is 17.9 Å². The lowest BCUT2D eigenvalue weighted by atomic mass is 10.2. The van der Waals surface area contributed by atoms with Gasteiger partial charge in [0.2, 0.25) is 5.09 Å². The van der Waals surface area contributed by atoms with Gasteiger partial charge in [-0.25, -0.2) is 13.6 Å². The highest BCUT2D eigenvalue weighted by molar-refractivity contribution is 7.89. The maximum absolute atomic E-state index is 12.1. The van der Waals surface area contributed by atoms with Crippen molar-refractivity contribution >= 4 is 15.9 Å². The van der Waals surface area contributed by atoms with E-state index in [0.717, 1.165) is 0 Å². The van der Waals surface area contributed by atoms with Gasteiger partial charge in [-0.05, 0) is 19.1 Å². The molecular weight excluding hydrogens is 258 g/mol. The first-order chi connectivity index (χ1) is 8.39. The van der Waals surface area contributed by atoms with Crippen molar-refractivity contribution in [3.63, 3.8) is 0 Å². The fourth-order valence-electron chi connectivity index (χ4n) is 1.87. The minimum atomic E-state index is -3.91. The number of carbonyl (C=O) groups excluding carboxylic acids is 1. The van der Waals surface area contributed by atoms with Crippen molar-refractivity contribution in [2.24, 2.45) is 5.14 Å². The van der Waals surface area contributed by atoms with E-state index in [-0.39, 0.29) is 17.7 Å².